The highest BCUT2D eigenvalue weighted by Gasteiger charge is 2.29. The molecule has 0 aliphatic heterocycles. The first-order chi connectivity index (χ1) is 14.3. The van der Waals surface area contributed by atoms with Gasteiger partial charge < -0.3 is 24.3 Å². The topological polar surface area (TPSA) is 83.1 Å². The minimum atomic E-state index is -0.939. The van der Waals surface area contributed by atoms with E-state index in [1.807, 2.05) is 6.07 Å². The number of hydrogen-bond acceptors (Lipinski definition) is 6. The summed E-state index contributed by atoms with van der Waals surface area (Å²) in [6, 6.07) is 4.51. The van der Waals surface area contributed by atoms with Gasteiger partial charge in [-0.15, -0.1) is 0 Å². The first-order valence-electron chi connectivity index (χ1n) is 10.1. The average Bonchev–Trinajstić information content (AvgIpc) is 2.60. The standard InChI is InChI=1S/C22H33FINO6/c1-21(2,3)30-19(26)18(25-20(27)31-22(4,5)6)14-15-13-16(7-8-17(15)24)29-12-11-28-10-9-23/h7-8,13,18H,9-12,14H2,1-6H3,(H,25,27)/t18-/m0/s1. The van der Waals surface area contributed by atoms with Crippen molar-refractivity contribution in [1.82, 2.24) is 5.32 Å². The number of carbonyl (C=O) groups is 2. The minimum Gasteiger partial charge on any atom is -0.491 e. The number of benzene rings is 1. The number of rotatable bonds is 10. The van der Waals surface area contributed by atoms with Crippen LogP contribution in [0.15, 0.2) is 18.2 Å². The van der Waals surface area contributed by atoms with E-state index in [4.69, 9.17) is 18.9 Å². The van der Waals surface area contributed by atoms with Crippen LogP contribution in [-0.4, -0.2) is 55.8 Å². The van der Waals surface area contributed by atoms with Crippen molar-refractivity contribution in [2.24, 2.45) is 0 Å². The molecule has 0 unspecified atom stereocenters. The molecule has 1 atom stereocenters. The number of halogens is 2. The Morgan fingerprint density at radius 3 is 2.26 bits per heavy atom. The Bertz CT molecular complexity index is 730. The maximum Gasteiger partial charge on any atom is 0.408 e. The molecule has 1 rings (SSSR count). The van der Waals surface area contributed by atoms with Crippen molar-refractivity contribution in [2.45, 2.75) is 65.2 Å². The Hall–Kier alpha value is -1.62. The summed E-state index contributed by atoms with van der Waals surface area (Å²) in [6.45, 7) is 10.6. The van der Waals surface area contributed by atoms with Crippen molar-refractivity contribution in [2.75, 3.05) is 26.5 Å². The molecular formula is C22H33FINO6. The molecule has 0 radical (unpaired) electrons. The second-order valence-electron chi connectivity index (χ2n) is 8.84. The first-order valence-corrected chi connectivity index (χ1v) is 11.2. The van der Waals surface area contributed by atoms with Crippen LogP contribution in [0.1, 0.15) is 47.1 Å². The van der Waals surface area contributed by atoms with Gasteiger partial charge in [0.25, 0.3) is 0 Å². The van der Waals surface area contributed by atoms with Crippen LogP contribution in [0, 0.1) is 3.57 Å². The molecule has 1 aromatic carbocycles. The monoisotopic (exact) mass is 553 g/mol. The highest BCUT2D eigenvalue weighted by molar-refractivity contribution is 14.1. The number of hydrogen-bond donors (Lipinski definition) is 1. The van der Waals surface area contributed by atoms with E-state index in [2.05, 4.69) is 27.9 Å². The summed E-state index contributed by atoms with van der Waals surface area (Å²) in [5.41, 5.74) is -0.604. The van der Waals surface area contributed by atoms with Gasteiger partial charge in [-0.1, -0.05) is 0 Å². The predicted octanol–water partition coefficient (Wildman–Crippen LogP) is 4.43. The maximum absolute atomic E-state index is 12.8. The van der Waals surface area contributed by atoms with Crippen molar-refractivity contribution < 1.29 is 32.9 Å². The Morgan fingerprint density at radius 2 is 1.68 bits per heavy atom. The van der Waals surface area contributed by atoms with Gasteiger partial charge in [0, 0.05) is 9.99 Å². The fraction of sp³-hybridized carbons (Fsp3) is 0.636. The van der Waals surface area contributed by atoms with E-state index in [1.54, 1.807) is 53.7 Å². The summed E-state index contributed by atoms with van der Waals surface area (Å²) >= 11 is 2.16. The third kappa shape index (κ3) is 12.1. The normalized spacial score (nSPS) is 12.8. The van der Waals surface area contributed by atoms with Crippen molar-refractivity contribution in [3.05, 3.63) is 27.3 Å². The Labute approximate surface area is 197 Å². The molecule has 0 saturated heterocycles. The fourth-order valence-electron chi connectivity index (χ4n) is 2.41. The lowest BCUT2D eigenvalue weighted by Crippen LogP contribution is -2.47. The molecule has 0 fully saturated rings. The summed E-state index contributed by atoms with van der Waals surface area (Å²) in [5, 5.41) is 2.62. The van der Waals surface area contributed by atoms with Crippen LogP contribution in [0.3, 0.4) is 0 Å². The molecule has 0 bridgehead atoms. The molecule has 0 aliphatic carbocycles. The van der Waals surface area contributed by atoms with E-state index < -0.39 is 36.0 Å². The molecule has 0 saturated carbocycles. The Balaban J connectivity index is 2.94. The van der Waals surface area contributed by atoms with Crippen LogP contribution in [0.5, 0.6) is 5.75 Å². The fourth-order valence-corrected chi connectivity index (χ4v) is 2.96. The van der Waals surface area contributed by atoms with Gasteiger partial charge in [0.05, 0.1) is 13.2 Å². The number of carbonyl (C=O) groups excluding carboxylic acids is 2. The third-order valence-electron chi connectivity index (χ3n) is 3.54. The van der Waals surface area contributed by atoms with Crippen LogP contribution in [0.2, 0.25) is 0 Å². The quantitative estimate of drug-likeness (QED) is 0.262. The Morgan fingerprint density at radius 1 is 1.03 bits per heavy atom. The van der Waals surface area contributed by atoms with Gasteiger partial charge in [-0.2, -0.15) is 0 Å². The van der Waals surface area contributed by atoms with E-state index in [0.29, 0.717) is 5.75 Å². The number of nitrogens with one attached hydrogen (secondary N) is 1. The van der Waals surface area contributed by atoms with E-state index in [1.165, 1.54) is 0 Å². The van der Waals surface area contributed by atoms with Crippen LogP contribution >= 0.6 is 22.6 Å². The van der Waals surface area contributed by atoms with Crippen molar-refractivity contribution in [3.63, 3.8) is 0 Å². The predicted molar refractivity (Wildman–Crippen MR) is 124 cm³/mol. The van der Waals surface area contributed by atoms with Gasteiger partial charge in [-0.05, 0) is 87.9 Å². The molecule has 1 aromatic rings. The lowest BCUT2D eigenvalue weighted by molar-refractivity contribution is -0.157. The number of alkyl halides is 1. The minimum absolute atomic E-state index is 0.0369. The molecule has 7 nitrogen and oxygen atoms in total. The molecule has 176 valence electrons. The summed E-state index contributed by atoms with van der Waals surface area (Å²) < 4.78 is 34.5. The molecule has 0 heterocycles. The molecule has 1 amide bonds. The number of ether oxygens (including phenoxy) is 4. The second kappa shape index (κ2) is 12.4. The van der Waals surface area contributed by atoms with Gasteiger partial charge in [0.1, 0.15) is 36.3 Å². The molecule has 0 aliphatic rings. The number of alkyl carbamates (subject to hydrolysis) is 1. The van der Waals surface area contributed by atoms with Crippen LogP contribution in [0.25, 0.3) is 0 Å². The van der Waals surface area contributed by atoms with E-state index in [9.17, 15) is 14.0 Å². The van der Waals surface area contributed by atoms with Gasteiger partial charge in [0.2, 0.25) is 0 Å². The van der Waals surface area contributed by atoms with E-state index in [-0.39, 0.29) is 26.2 Å². The van der Waals surface area contributed by atoms with Crippen LogP contribution in [0.4, 0.5) is 9.18 Å². The molecule has 1 N–H and O–H groups in total. The largest absolute Gasteiger partial charge is 0.491 e. The number of esters is 1. The molecule has 0 aromatic heterocycles. The van der Waals surface area contributed by atoms with Crippen molar-refractivity contribution in [1.29, 1.82) is 0 Å². The van der Waals surface area contributed by atoms with Crippen molar-refractivity contribution >= 4 is 34.7 Å². The number of amides is 1. The summed E-state index contributed by atoms with van der Waals surface area (Å²) in [5.74, 6) is 0.0274. The van der Waals surface area contributed by atoms with Gasteiger partial charge in [-0.25, -0.2) is 14.0 Å². The summed E-state index contributed by atoms with van der Waals surface area (Å²) in [7, 11) is 0. The van der Waals surface area contributed by atoms with Gasteiger partial charge in [-0.3, -0.25) is 0 Å². The van der Waals surface area contributed by atoms with Crippen LogP contribution < -0.4 is 10.1 Å². The highest BCUT2D eigenvalue weighted by Crippen LogP contribution is 2.22. The zero-order valence-corrected chi connectivity index (χ0v) is 21.2. The lowest BCUT2D eigenvalue weighted by atomic mass is 10.1. The van der Waals surface area contributed by atoms with E-state index >= 15 is 0 Å². The average molecular weight is 553 g/mol. The van der Waals surface area contributed by atoms with Crippen LogP contribution in [-0.2, 0) is 25.4 Å². The molecule has 0 spiro atoms. The first kappa shape index (κ1) is 27.4. The van der Waals surface area contributed by atoms with Gasteiger partial charge in [0.15, 0.2) is 0 Å². The lowest BCUT2D eigenvalue weighted by Gasteiger charge is -2.26. The van der Waals surface area contributed by atoms with Crippen molar-refractivity contribution in [3.8, 4) is 5.75 Å². The maximum atomic E-state index is 12.8. The van der Waals surface area contributed by atoms with Gasteiger partial charge >= 0.3 is 12.1 Å². The Kier molecular flexibility index (Phi) is 11.0. The smallest absolute Gasteiger partial charge is 0.408 e. The zero-order valence-electron chi connectivity index (χ0n) is 19.1. The van der Waals surface area contributed by atoms with E-state index in [0.717, 1.165) is 9.13 Å². The highest BCUT2D eigenvalue weighted by atomic mass is 127. The molecule has 9 heteroatoms. The zero-order chi connectivity index (χ0) is 23.7. The SMILES string of the molecule is CC(C)(C)OC(=O)N[C@@H](Cc1cc(OCCOCCF)ccc1I)C(=O)OC(C)(C)C. The second-order valence-corrected chi connectivity index (χ2v) is 10.0. The summed E-state index contributed by atoms with van der Waals surface area (Å²) in [4.78, 5) is 25.1. The third-order valence-corrected chi connectivity index (χ3v) is 4.59. The molecular weight excluding hydrogens is 520 g/mol. The molecule has 31 heavy (non-hydrogen) atoms. The summed E-state index contributed by atoms with van der Waals surface area (Å²) in [6.07, 6.45) is -0.502.